The van der Waals surface area contributed by atoms with Crippen molar-refractivity contribution in [2.24, 2.45) is 5.73 Å². The molecule has 7 nitrogen and oxygen atoms in total. The Kier molecular flexibility index (Phi) is 3.99. The van der Waals surface area contributed by atoms with Gasteiger partial charge in [0.05, 0.1) is 6.54 Å². The van der Waals surface area contributed by atoms with Crippen LogP contribution in [0.4, 0.5) is 5.69 Å². The number of anilines is 1. The lowest BCUT2D eigenvalue weighted by molar-refractivity contribution is -0.121. The maximum Gasteiger partial charge on any atom is 0.344 e. The van der Waals surface area contributed by atoms with E-state index in [2.05, 4.69) is 0 Å². The molecule has 1 aromatic heterocycles. The van der Waals surface area contributed by atoms with Gasteiger partial charge in [-0.15, -0.1) is 0 Å². The third-order valence-corrected chi connectivity index (χ3v) is 5.71. The number of hydrogen-bond acceptors (Lipinski definition) is 6. The lowest BCUT2D eigenvalue weighted by atomic mass is 9.69. The molecule has 2 aliphatic rings. The van der Waals surface area contributed by atoms with Crippen LogP contribution in [0.3, 0.4) is 0 Å². The summed E-state index contributed by atoms with van der Waals surface area (Å²) in [5.74, 6) is -0.218. The van der Waals surface area contributed by atoms with Gasteiger partial charge >= 0.3 is 5.63 Å². The number of hydrogen-bond donors (Lipinski definition) is 1. The monoisotopic (exact) mass is 411 g/mol. The van der Waals surface area contributed by atoms with Gasteiger partial charge in [-0.1, -0.05) is 48.5 Å². The van der Waals surface area contributed by atoms with E-state index in [-0.39, 0.29) is 29.3 Å². The van der Waals surface area contributed by atoms with Gasteiger partial charge in [0.1, 0.15) is 28.7 Å². The van der Waals surface area contributed by atoms with Crippen molar-refractivity contribution in [1.82, 2.24) is 0 Å². The highest BCUT2D eigenvalue weighted by atomic mass is 16.5. The number of carbonyl (C=O) groups excluding carboxylic acids is 1. The normalized spacial score (nSPS) is 19.1. The van der Waals surface area contributed by atoms with E-state index < -0.39 is 16.9 Å². The third-order valence-electron chi connectivity index (χ3n) is 5.71. The average molecular weight is 411 g/mol. The summed E-state index contributed by atoms with van der Waals surface area (Å²) in [6.07, 6.45) is 0. The SMILES string of the molecule is Cc1cc2c(c(=O)o1)[C@]1(C(=O)N(Cc3ccccc3)c3ccccc31)C(C#N)=C(N)O2. The predicted octanol–water partition coefficient (Wildman–Crippen LogP) is 2.87. The molecule has 2 N–H and O–H groups in total. The second kappa shape index (κ2) is 6.61. The zero-order valence-electron chi connectivity index (χ0n) is 16.6. The fourth-order valence-electron chi connectivity index (χ4n) is 4.48. The number of nitrogens with zero attached hydrogens (tertiary/aromatic N) is 2. The molecule has 7 heteroatoms. The van der Waals surface area contributed by atoms with Gasteiger partial charge < -0.3 is 19.8 Å². The minimum atomic E-state index is -1.73. The number of carbonyl (C=O) groups is 1. The highest BCUT2D eigenvalue weighted by molar-refractivity contribution is 6.14. The van der Waals surface area contributed by atoms with E-state index in [0.717, 1.165) is 5.56 Å². The zero-order chi connectivity index (χ0) is 21.8. The molecule has 0 radical (unpaired) electrons. The molecule has 0 saturated carbocycles. The van der Waals surface area contributed by atoms with Crippen molar-refractivity contribution in [2.45, 2.75) is 18.9 Å². The Bertz CT molecular complexity index is 1370. The molecule has 3 aromatic rings. The first-order chi connectivity index (χ1) is 15.0. The molecule has 2 aromatic carbocycles. The smallest absolute Gasteiger partial charge is 0.344 e. The van der Waals surface area contributed by atoms with E-state index in [1.807, 2.05) is 36.4 Å². The van der Waals surface area contributed by atoms with Crippen LogP contribution in [-0.4, -0.2) is 5.91 Å². The first-order valence-electron chi connectivity index (χ1n) is 9.67. The summed E-state index contributed by atoms with van der Waals surface area (Å²) in [5.41, 5.74) is 5.49. The Morgan fingerprint density at radius 2 is 1.81 bits per heavy atom. The number of rotatable bonds is 2. The van der Waals surface area contributed by atoms with Gasteiger partial charge in [-0.3, -0.25) is 4.79 Å². The van der Waals surface area contributed by atoms with Gasteiger partial charge in [-0.05, 0) is 18.6 Å². The van der Waals surface area contributed by atoms with Crippen molar-refractivity contribution in [1.29, 1.82) is 5.26 Å². The molecule has 152 valence electrons. The lowest BCUT2D eigenvalue weighted by Gasteiger charge is -2.33. The molecule has 0 aliphatic carbocycles. The van der Waals surface area contributed by atoms with Crippen molar-refractivity contribution >= 4 is 11.6 Å². The fraction of sp³-hybridized carbons (Fsp3) is 0.125. The Hall–Kier alpha value is -4.31. The minimum Gasteiger partial charge on any atom is -0.440 e. The van der Waals surface area contributed by atoms with E-state index in [9.17, 15) is 14.9 Å². The molecule has 5 rings (SSSR count). The van der Waals surface area contributed by atoms with Crippen molar-refractivity contribution < 1.29 is 13.9 Å². The van der Waals surface area contributed by atoms with Gasteiger partial charge in [0, 0.05) is 17.3 Å². The van der Waals surface area contributed by atoms with Crippen LogP contribution in [0.2, 0.25) is 0 Å². The van der Waals surface area contributed by atoms with Crippen LogP contribution in [0.25, 0.3) is 0 Å². The molecule has 0 saturated heterocycles. The molecule has 31 heavy (non-hydrogen) atoms. The summed E-state index contributed by atoms with van der Waals surface area (Å²) in [6.45, 7) is 1.87. The summed E-state index contributed by atoms with van der Waals surface area (Å²) < 4.78 is 10.9. The van der Waals surface area contributed by atoms with E-state index >= 15 is 0 Å². The van der Waals surface area contributed by atoms with Crippen LogP contribution >= 0.6 is 0 Å². The number of fused-ring (bicyclic) bond motifs is 4. The lowest BCUT2D eigenvalue weighted by Crippen LogP contribution is -2.48. The summed E-state index contributed by atoms with van der Waals surface area (Å²) >= 11 is 0. The molecular weight excluding hydrogens is 394 g/mol. The van der Waals surface area contributed by atoms with Crippen LogP contribution in [-0.2, 0) is 16.8 Å². The highest BCUT2D eigenvalue weighted by Gasteiger charge is 2.60. The fourth-order valence-corrected chi connectivity index (χ4v) is 4.48. The first kappa shape index (κ1) is 18.7. The maximum absolute atomic E-state index is 14.1. The Labute approximate surface area is 177 Å². The van der Waals surface area contributed by atoms with Crippen molar-refractivity contribution in [2.75, 3.05) is 4.90 Å². The molecule has 1 amide bonds. The number of nitrogens with two attached hydrogens (primary N) is 1. The van der Waals surface area contributed by atoms with Crippen molar-refractivity contribution in [3.05, 3.63) is 105 Å². The summed E-state index contributed by atoms with van der Waals surface area (Å²) in [7, 11) is 0. The number of nitriles is 1. The summed E-state index contributed by atoms with van der Waals surface area (Å²) in [4.78, 5) is 28.7. The van der Waals surface area contributed by atoms with E-state index in [1.165, 1.54) is 6.07 Å². The molecule has 1 atom stereocenters. The second-order valence-electron chi connectivity index (χ2n) is 7.48. The Morgan fingerprint density at radius 1 is 1.10 bits per heavy atom. The molecule has 3 heterocycles. The van der Waals surface area contributed by atoms with Crippen molar-refractivity contribution in [3.8, 4) is 11.8 Å². The van der Waals surface area contributed by atoms with Crippen LogP contribution in [0.15, 0.2) is 81.3 Å². The first-order valence-corrected chi connectivity index (χ1v) is 9.67. The predicted molar refractivity (Wildman–Crippen MR) is 112 cm³/mol. The van der Waals surface area contributed by atoms with Crippen LogP contribution in [0, 0.1) is 18.3 Å². The molecular formula is C24H17N3O4. The number of amides is 1. The minimum absolute atomic E-state index is 0.0307. The summed E-state index contributed by atoms with van der Waals surface area (Å²) in [6, 6.07) is 20.1. The largest absolute Gasteiger partial charge is 0.440 e. The van der Waals surface area contributed by atoms with E-state index in [4.69, 9.17) is 14.9 Å². The topological polar surface area (TPSA) is 110 Å². The van der Waals surface area contributed by atoms with Gasteiger partial charge in [0.2, 0.25) is 11.8 Å². The van der Waals surface area contributed by atoms with E-state index in [0.29, 0.717) is 17.0 Å². The van der Waals surface area contributed by atoms with Gasteiger partial charge in [0.15, 0.2) is 5.41 Å². The number of benzene rings is 2. The Balaban J connectivity index is 1.84. The number of ether oxygens (including phenoxy) is 1. The molecule has 0 unspecified atom stereocenters. The standard InChI is InChI=1S/C24H17N3O4/c1-14-11-19-20(22(28)30-14)24(17(12-25)21(26)31-19)16-9-5-6-10-18(16)27(23(24)29)13-15-7-3-2-4-8-15/h2-11H,13,26H2,1H3/t24-/m1/s1. The van der Waals surface area contributed by atoms with E-state index in [1.54, 1.807) is 36.1 Å². The van der Waals surface area contributed by atoms with Crippen LogP contribution in [0.5, 0.6) is 5.75 Å². The zero-order valence-corrected chi connectivity index (χ0v) is 16.6. The highest BCUT2D eigenvalue weighted by Crippen LogP contribution is 2.54. The van der Waals surface area contributed by atoms with Gasteiger partial charge in [0.25, 0.3) is 0 Å². The number of aryl methyl sites for hydroxylation is 1. The van der Waals surface area contributed by atoms with Gasteiger partial charge in [-0.2, -0.15) is 5.26 Å². The number of para-hydroxylation sites is 1. The van der Waals surface area contributed by atoms with Crippen LogP contribution in [0.1, 0.15) is 22.5 Å². The molecule has 2 aliphatic heterocycles. The third kappa shape index (κ3) is 2.45. The second-order valence-corrected chi connectivity index (χ2v) is 7.48. The van der Waals surface area contributed by atoms with Gasteiger partial charge in [-0.25, -0.2) is 4.79 Å². The average Bonchev–Trinajstić information content (AvgIpc) is 2.98. The molecule has 0 fully saturated rings. The Morgan fingerprint density at radius 3 is 2.55 bits per heavy atom. The van der Waals surface area contributed by atoms with Crippen LogP contribution < -0.4 is 21.0 Å². The maximum atomic E-state index is 14.1. The molecule has 1 spiro atoms. The van der Waals surface area contributed by atoms with Crippen molar-refractivity contribution in [3.63, 3.8) is 0 Å². The molecule has 0 bridgehead atoms. The summed E-state index contributed by atoms with van der Waals surface area (Å²) in [5, 5.41) is 10.0. The quantitative estimate of drug-likeness (QED) is 0.694.